The van der Waals surface area contributed by atoms with Gasteiger partial charge in [0.25, 0.3) is 0 Å². The molecule has 7 heteroatoms. The number of nitrogens with one attached hydrogen (secondary N) is 1. The topological polar surface area (TPSA) is 45.6 Å². The highest BCUT2D eigenvalue weighted by atomic mass is 32.1. The fraction of sp³-hybridized carbons (Fsp3) is 0.364. The van der Waals surface area contributed by atoms with E-state index in [1.54, 1.807) is 14.2 Å². The van der Waals surface area contributed by atoms with Gasteiger partial charge in [0, 0.05) is 12.0 Å². The van der Waals surface area contributed by atoms with Crippen molar-refractivity contribution in [1.29, 1.82) is 0 Å². The normalized spacial score (nSPS) is 15.8. The van der Waals surface area contributed by atoms with Crippen LogP contribution in [0.3, 0.4) is 0 Å². The van der Waals surface area contributed by atoms with Crippen LogP contribution in [0.5, 0.6) is 11.5 Å². The number of fused-ring (bicyclic) bond motifs is 1. The Morgan fingerprint density at radius 2 is 1.79 bits per heavy atom. The first kappa shape index (κ1) is 19.7. The van der Waals surface area contributed by atoms with Crippen LogP contribution in [0.4, 0.5) is 0 Å². The molecule has 0 aliphatic carbocycles. The molecule has 2 heterocycles. The van der Waals surface area contributed by atoms with Crippen LogP contribution in [0.15, 0.2) is 36.7 Å². The molecule has 0 radical (unpaired) electrons. The Hall–Kier alpha value is -2.64. The van der Waals surface area contributed by atoms with E-state index in [1.165, 1.54) is 27.2 Å². The van der Waals surface area contributed by atoms with E-state index in [9.17, 15) is 0 Å². The number of rotatable bonds is 5. The Labute approximate surface area is 176 Å². The molecule has 1 aromatic heterocycles. The lowest BCUT2D eigenvalue weighted by Crippen LogP contribution is -3.11. The molecule has 0 fully saturated rings. The molecule has 1 atom stereocenters. The molecule has 0 saturated heterocycles. The van der Waals surface area contributed by atoms with Crippen LogP contribution in [0.25, 0.3) is 5.69 Å². The number of aromatic nitrogens is 3. The summed E-state index contributed by atoms with van der Waals surface area (Å²) in [5, 5.41) is 4.58. The van der Waals surface area contributed by atoms with Crippen LogP contribution in [-0.2, 0) is 19.6 Å². The van der Waals surface area contributed by atoms with Crippen LogP contribution < -0.4 is 14.4 Å². The van der Waals surface area contributed by atoms with Gasteiger partial charge >= 0.3 is 0 Å². The second kappa shape index (κ2) is 8.00. The second-order valence-electron chi connectivity index (χ2n) is 7.63. The minimum Gasteiger partial charge on any atom is -0.493 e. The highest BCUT2D eigenvalue weighted by Gasteiger charge is 2.23. The monoisotopic (exact) mass is 411 g/mol. The molecule has 1 N–H and O–H groups in total. The van der Waals surface area contributed by atoms with Gasteiger partial charge in [0.05, 0.1) is 26.5 Å². The molecule has 0 amide bonds. The first-order valence-corrected chi connectivity index (χ1v) is 10.2. The van der Waals surface area contributed by atoms with E-state index in [-0.39, 0.29) is 0 Å². The number of hydrogen-bond donors (Lipinski definition) is 1. The molecular weight excluding hydrogens is 384 g/mol. The number of nitrogens with zero attached hydrogens (tertiary/aromatic N) is 3. The summed E-state index contributed by atoms with van der Waals surface area (Å²) in [7, 11) is 3.36. The van der Waals surface area contributed by atoms with Gasteiger partial charge in [0.15, 0.2) is 18.2 Å². The zero-order valence-corrected chi connectivity index (χ0v) is 18.2. The molecule has 29 heavy (non-hydrogen) atoms. The zero-order chi connectivity index (χ0) is 20.5. The summed E-state index contributed by atoms with van der Waals surface area (Å²) < 4.78 is 15.6. The van der Waals surface area contributed by atoms with Gasteiger partial charge < -0.3 is 14.4 Å². The van der Waals surface area contributed by atoms with E-state index >= 15 is 0 Å². The lowest BCUT2D eigenvalue weighted by atomic mass is 9.99. The summed E-state index contributed by atoms with van der Waals surface area (Å²) in [6, 6.07) is 10.6. The van der Waals surface area contributed by atoms with E-state index in [0.29, 0.717) is 0 Å². The Bertz CT molecular complexity index is 1100. The summed E-state index contributed by atoms with van der Waals surface area (Å²) in [6.07, 6.45) is 2.82. The third-order valence-corrected chi connectivity index (χ3v) is 6.02. The molecule has 1 unspecified atom stereocenters. The second-order valence-corrected chi connectivity index (χ2v) is 8.00. The fourth-order valence-corrected chi connectivity index (χ4v) is 4.32. The molecule has 4 rings (SSSR count). The Kier molecular flexibility index (Phi) is 5.43. The van der Waals surface area contributed by atoms with E-state index in [0.717, 1.165) is 48.1 Å². The smallest absolute Gasteiger partial charge is 0.207 e. The predicted molar refractivity (Wildman–Crippen MR) is 115 cm³/mol. The van der Waals surface area contributed by atoms with E-state index in [4.69, 9.17) is 21.7 Å². The largest absolute Gasteiger partial charge is 0.493 e. The first-order valence-electron chi connectivity index (χ1n) is 9.79. The van der Waals surface area contributed by atoms with Gasteiger partial charge in [-0.2, -0.15) is 9.78 Å². The molecule has 1 aliphatic rings. The van der Waals surface area contributed by atoms with Gasteiger partial charge in [-0.3, -0.25) is 4.57 Å². The first-order chi connectivity index (χ1) is 14.0. The third kappa shape index (κ3) is 3.80. The molecular formula is C22H27N4O2S+. The van der Waals surface area contributed by atoms with E-state index < -0.39 is 0 Å². The van der Waals surface area contributed by atoms with Crippen molar-refractivity contribution in [3.05, 3.63) is 63.7 Å². The molecule has 0 bridgehead atoms. The summed E-state index contributed by atoms with van der Waals surface area (Å²) in [5.41, 5.74) is 6.15. The Morgan fingerprint density at radius 1 is 1.07 bits per heavy atom. The highest BCUT2D eigenvalue weighted by Crippen LogP contribution is 2.31. The predicted octanol–water partition coefficient (Wildman–Crippen LogP) is 2.64. The SMILES string of the molecule is COc1cc2c(cc1OC)C[NH+](Cn1ncn(-c3ccc(C)cc3C)c1=S)CC2. The van der Waals surface area contributed by atoms with Crippen LogP contribution >= 0.6 is 12.2 Å². The van der Waals surface area contributed by atoms with Gasteiger partial charge in [-0.15, -0.1) is 0 Å². The van der Waals surface area contributed by atoms with E-state index in [1.807, 2.05) is 15.6 Å². The molecule has 0 saturated carbocycles. The van der Waals surface area contributed by atoms with Gasteiger partial charge in [-0.1, -0.05) is 17.7 Å². The van der Waals surface area contributed by atoms with Crippen LogP contribution in [0.1, 0.15) is 22.3 Å². The summed E-state index contributed by atoms with van der Waals surface area (Å²) >= 11 is 5.73. The molecule has 6 nitrogen and oxygen atoms in total. The summed E-state index contributed by atoms with van der Waals surface area (Å²) in [5.74, 6) is 1.58. The molecule has 1 aliphatic heterocycles. The van der Waals surface area contributed by atoms with Gasteiger partial charge in [0.1, 0.15) is 12.9 Å². The molecule has 152 valence electrons. The van der Waals surface area contributed by atoms with Crippen molar-refractivity contribution in [1.82, 2.24) is 14.3 Å². The fourth-order valence-electron chi connectivity index (χ4n) is 4.06. The van der Waals surface area contributed by atoms with Crippen molar-refractivity contribution in [3.63, 3.8) is 0 Å². The number of quaternary nitrogens is 1. The number of ether oxygens (including phenoxy) is 2. The van der Waals surface area contributed by atoms with Gasteiger partial charge in [0.2, 0.25) is 4.77 Å². The van der Waals surface area contributed by atoms with Crippen molar-refractivity contribution in [2.75, 3.05) is 20.8 Å². The summed E-state index contributed by atoms with van der Waals surface area (Å²) in [6.45, 7) is 6.89. The van der Waals surface area contributed by atoms with E-state index in [2.05, 4.69) is 49.3 Å². The Morgan fingerprint density at radius 3 is 2.48 bits per heavy atom. The molecule has 3 aromatic rings. The highest BCUT2D eigenvalue weighted by molar-refractivity contribution is 7.71. The van der Waals surface area contributed by atoms with Crippen LogP contribution in [0, 0.1) is 18.6 Å². The van der Waals surface area contributed by atoms with Crippen molar-refractivity contribution < 1.29 is 14.4 Å². The van der Waals surface area contributed by atoms with Crippen LogP contribution in [0.2, 0.25) is 0 Å². The quantitative estimate of drug-likeness (QED) is 0.656. The van der Waals surface area contributed by atoms with Crippen molar-refractivity contribution in [2.24, 2.45) is 0 Å². The Balaban J connectivity index is 1.56. The average molecular weight is 412 g/mol. The molecule has 2 aromatic carbocycles. The third-order valence-electron chi connectivity index (χ3n) is 5.61. The number of methoxy groups -OCH3 is 2. The maximum absolute atomic E-state index is 5.73. The molecule has 0 spiro atoms. The zero-order valence-electron chi connectivity index (χ0n) is 17.4. The standard InChI is InChI=1S/C22H26N4O2S/c1-15-5-6-19(16(2)9-15)25-13-23-26(22(25)29)14-24-8-7-17-10-20(27-3)21(28-4)11-18(17)12-24/h5-6,9-11,13H,7-8,12,14H2,1-4H3/p+1. The van der Waals surface area contributed by atoms with Crippen molar-refractivity contribution in [3.8, 4) is 17.2 Å². The lowest BCUT2D eigenvalue weighted by Gasteiger charge is -2.26. The maximum Gasteiger partial charge on any atom is 0.207 e. The minimum atomic E-state index is 0.725. The van der Waals surface area contributed by atoms with Crippen molar-refractivity contribution >= 4 is 12.2 Å². The van der Waals surface area contributed by atoms with Crippen LogP contribution in [-0.4, -0.2) is 35.1 Å². The number of aryl methyl sites for hydroxylation is 2. The van der Waals surface area contributed by atoms with Crippen molar-refractivity contribution in [2.45, 2.75) is 33.5 Å². The maximum atomic E-state index is 5.73. The number of hydrogen-bond acceptors (Lipinski definition) is 4. The van der Waals surface area contributed by atoms with Gasteiger partial charge in [-0.05, 0) is 55.4 Å². The lowest BCUT2D eigenvalue weighted by molar-refractivity contribution is -0.939. The minimum absolute atomic E-state index is 0.725. The summed E-state index contributed by atoms with van der Waals surface area (Å²) in [4.78, 5) is 1.42. The van der Waals surface area contributed by atoms with Gasteiger partial charge in [-0.25, -0.2) is 0 Å². The average Bonchev–Trinajstić information content (AvgIpc) is 3.07. The number of benzene rings is 2.